The molecule has 2 rings (SSSR count). The highest BCUT2D eigenvalue weighted by molar-refractivity contribution is 5.98. The molecule has 0 spiro atoms. The Hall–Kier alpha value is -2.89. The van der Waals surface area contributed by atoms with Gasteiger partial charge in [-0.3, -0.25) is 10.1 Å². The molecule has 0 amide bonds. The zero-order valence-corrected chi connectivity index (χ0v) is 12.3. The molecule has 114 valence electrons. The van der Waals surface area contributed by atoms with Crippen LogP contribution in [0.25, 0.3) is 0 Å². The number of non-ortho nitro benzene ring substituents is 1. The zero-order chi connectivity index (χ0) is 16.1. The zero-order valence-electron chi connectivity index (χ0n) is 12.3. The number of hydrogen-bond acceptors (Lipinski definition) is 5. The van der Waals surface area contributed by atoms with Crippen LogP contribution < -0.4 is 0 Å². The fraction of sp³-hybridized carbons (Fsp3) is 0.188. The van der Waals surface area contributed by atoms with E-state index in [4.69, 9.17) is 4.84 Å². The minimum atomic E-state index is -0.448. The number of aryl methyl sites for hydroxylation is 1. The van der Waals surface area contributed by atoms with E-state index in [2.05, 4.69) is 5.16 Å². The van der Waals surface area contributed by atoms with E-state index in [1.807, 2.05) is 13.0 Å². The van der Waals surface area contributed by atoms with E-state index in [1.165, 1.54) is 12.1 Å². The van der Waals surface area contributed by atoms with Gasteiger partial charge in [-0.05, 0) is 43.2 Å². The summed E-state index contributed by atoms with van der Waals surface area (Å²) in [7, 11) is 0. The monoisotopic (exact) mass is 300 g/mol. The van der Waals surface area contributed by atoms with Crippen molar-refractivity contribution in [3.05, 3.63) is 69.3 Å². The molecule has 6 nitrogen and oxygen atoms in total. The molecule has 2 aromatic carbocycles. The maximum absolute atomic E-state index is 10.6. The van der Waals surface area contributed by atoms with E-state index in [1.54, 1.807) is 31.2 Å². The minimum absolute atomic E-state index is 0.0403. The van der Waals surface area contributed by atoms with Gasteiger partial charge in [0.25, 0.3) is 5.69 Å². The first kappa shape index (κ1) is 15.5. The van der Waals surface area contributed by atoms with Crippen LogP contribution in [-0.4, -0.2) is 15.7 Å². The highest BCUT2D eigenvalue weighted by Crippen LogP contribution is 2.18. The number of nitrogens with zero attached hydrogens (tertiary/aromatic N) is 2. The predicted molar refractivity (Wildman–Crippen MR) is 82.9 cm³/mol. The Morgan fingerprint density at radius 1 is 1.27 bits per heavy atom. The van der Waals surface area contributed by atoms with Crippen molar-refractivity contribution in [2.24, 2.45) is 5.16 Å². The molecule has 0 aliphatic rings. The molecule has 0 aliphatic heterocycles. The molecule has 22 heavy (non-hydrogen) atoms. The molecule has 0 aliphatic carbocycles. The van der Waals surface area contributed by atoms with Crippen LogP contribution >= 0.6 is 0 Å². The normalized spacial score (nSPS) is 11.3. The van der Waals surface area contributed by atoms with Gasteiger partial charge in [0.1, 0.15) is 12.4 Å². The van der Waals surface area contributed by atoms with Crippen molar-refractivity contribution >= 4 is 11.4 Å². The quantitative estimate of drug-likeness (QED) is 0.520. The first-order valence-electron chi connectivity index (χ1n) is 6.67. The van der Waals surface area contributed by atoms with Crippen molar-refractivity contribution in [1.82, 2.24) is 0 Å². The number of phenols is 1. The summed E-state index contributed by atoms with van der Waals surface area (Å²) in [6.07, 6.45) is 0. The van der Waals surface area contributed by atoms with E-state index in [-0.39, 0.29) is 18.0 Å². The molecule has 0 atom stereocenters. The van der Waals surface area contributed by atoms with Crippen molar-refractivity contribution in [3.63, 3.8) is 0 Å². The topological polar surface area (TPSA) is 85.0 Å². The number of phenolic OH excluding ortho intramolecular Hbond substituents is 1. The van der Waals surface area contributed by atoms with Crippen LogP contribution in [0.15, 0.2) is 47.6 Å². The lowest BCUT2D eigenvalue weighted by Gasteiger charge is -2.05. The number of nitro benzene ring substituents is 1. The summed E-state index contributed by atoms with van der Waals surface area (Å²) >= 11 is 0. The summed E-state index contributed by atoms with van der Waals surface area (Å²) in [5.74, 6) is 0.211. The summed E-state index contributed by atoms with van der Waals surface area (Å²) in [6.45, 7) is 3.81. The summed E-state index contributed by atoms with van der Waals surface area (Å²) in [5.41, 5.74) is 3.03. The second-order valence-corrected chi connectivity index (χ2v) is 4.87. The van der Waals surface area contributed by atoms with Gasteiger partial charge in [0.15, 0.2) is 0 Å². The summed E-state index contributed by atoms with van der Waals surface area (Å²) < 4.78 is 0. The van der Waals surface area contributed by atoms with Gasteiger partial charge in [-0.25, -0.2) is 0 Å². The molecule has 1 N–H and O–H groups in total. The fourth-order valence-electron chi connectivity index (χ4n) is 1.80. The fourth-order valence-corrected chi connectivity index (χ4v) is 1.80. The first-order valence-corrected chi connectivity index (χ1v) is 6.67. The van der Waals surface area contributed by atoms with Gasteiger partial charge in [-0.1, -0.05) is 17.3 Å². The van der Waals surface area contributed by atoms with Crippen LogP contribution in [0, 0.1) is 17.0 Å². The lowest BCUT2D eigenvalue weighted by molar-refractivity contribution is -0.384. The molecule has 6 heteroatoms. The molecule has 2 aromatic rings. The number of benzene rings is 2. The number of nitro groups is 1. The van der Waals surface area contributed by atoms with Crippen molar-refractivity contribution in [3.8, 4) is 5.75 Å². The van der Waals surface area contributed by atoms with Gasteiger partial charge in [-0.15, -0.1) is 0 Å². The molecule has 0 heterocycles. The van der Waals surface area contributed by atoms with Gasteiger partial charge in [-0.2, -0.15) is 0 Å². The Kier molecular flexibility index (Phi) is 4.73. The lowest BCUT2D eigenvalue weighted by atomic mass is 10.1. The third-order valence-electron chi connectivity index (χ3n) is 3.21. The molecule has 0 saturated carbocycles. The Morgan fingerprint density at radius 3 is 2.55 bits per heavy atom. The smallest absolute Gasteiger partial charge is 0.269 e. The number of hydrogen-bond donors (Lipinski definition) is 1. The van der Waals surface area contributed by atoms with E-state index < -0.39 is 4.92 Å². The van der Waals surface area contributed by atoms with Crippen molar-refractivity contribution in [2.75, 3.05) is 0 Å². The summed E-state index contributed by atoms with van der Waals surface area (Å²) in [4.78, 5) is 15.4. The Bertz CT molecular complexity index is 709. The van der Waals surface area contributed by atoms with E-state index >= 15 is 0 Å². The second-order valence-electron chi connectivity index (χ2n) is 4.87. The molecule has 0 unspecified atom stereocenters. The van der Waals surface area contributed by atoms with Gasteiger partial charge in [0.05, 0.1) is 10.6 Å². The maximum Gasteiger partial charge on any atom is 0.269 e. The van der Waals surface area contributed by atoms with Crippen LogP contribution in [0.1, 0.15) is 23.6 Å². The molecular weight excluding hydrogens is 284 g/mol. The molecule has 0 saturated heterocycles. The first-order chi connectivity index (χ1) is 10.5. The molecule has 0 radical (unpaired) electrons. The van der Waals surface area contributed by atoms with Crippen LogP contribution in [0.5, 0.6) is 5.75 Å². The number of aromatic hydroxyl groups is 1. The van der Waals surface area contributed by atoms with Gasteiger partial charge in [0, 0.05) is 17.7 Å². The lowest BCUT2D eigenvalue weighted by Crippen LogP contribution is -1.97. The Morgan fingerprint density at radius 2 is 1.95 bits per heavy atom. The average molecular weight is 300 g/mol. The van der Waals surface area contributed by atoms with Crippen LogP contribution in [-0.2, 0) is 11.4 Å². The summed E-state index contributed by atoms with van der Waals surface area (Å²) in [5, 5.41) is 24.2. The van der Waals surface area contributed by atoms with Gasteiger partial charge in [0.2, 0.25) is 0 Å². The molecular formula is C16H16N2O4. The summed E-state index contributed by atoms with van der Waals surface area (Å²) in [6, 6.07) is 11.4. The highest BCUT2D eigenvalue weighted by atomic mass is 16.6. The predicted octanol–water partition coefficient (Wildman–Crippen LogP) is 3.55. The third kappa shape index (κ3) is 3.82. The molecule has 0 fully saturated rings. The second kappa shape index (κ2) is 6.71. The van der Waals surface area contributed by atoms with Crippen molar-refractivity contribution in [1.29, 1.82) is 0 Å². The number of oxime groups is 1. The van der Waals surface area contributed by atoms with E-state index in [9.17, 15) is 15.2 Å². The van der Waals surface area contributed by atoms with Gasteiger partial charge < -0.3 is 9.94 Å². The Balaban J connectivity index is 1.99. The van der Waals surface area contributed by atoms with E-state index in [0.29, 0.717) is 5.71 Å². The molecule has 0 aromatic heterocycles. The maximum atomic E-state index is 10.6. The largest absolute Gasteiger partial charge is 0.508 e. The van der Waals surface area contributed by atoms with Crippen LogP contribution in [0.3, 0.4) is 0 Å². The average Bonchev–Trinajstić information content (AvgIpc) is 2.50. The number of rotatable bonds is 5. The Labute approximate surface area is 127 Å². The van der Waals surface area contributed by atoms with Crippen molar-refractivity contribution in [2.45, 2.75) is 20.5 Å². The van der Waals surface area contributed by atoms with Crippen LogP contribution in [0.2, 0.25) is 0 Å². The SMILES string of the molecule is C/C(=N\OCc1ccc([N+](=O)[O-])cc1)c1ccc(C)c(O)c1. The van der Waals surface area contributed by atoms with Crippen molar-refractivity contribution < 1.29 is 14.9 Å². The van der Waals surface area contributed by atoms with E-state index in [0.717, 1.165) is 16.7 Å². The minimum Gasteiger partial charge on any atom is -0.508 e. The molecule has 0 bridgehead atoms. The highest BCUT2D eigenvalue weighted by Gasteiger charge is 2.05. The van der Waals surface area contributed by atoms with Crippen LogP contribution in [0.4, 0.5) is 5.69 Å². The third-order valence-corrected chi connectivity index (χ3v) is 3.21. The van der Waals surface area contributed by atoms with Gasteiger partial charge >= 0.3 is 0 Å². The standard InChI is InChI=1S/C16H16N2O4/c1-11-3-6-14(9-16(11)19)12(2)17-22-10-13-4-7-15(8-5-13)18(20)21/h3-9,19H,10H2,1-2H3/b17-12+.